The number of carbonyl (C=O) groups excluding carboxylic acids is 1. The number of H-pyrrole nitrogens is 1. The van der Waals surface area contributed by atoms with Crippen LogP contribution in [0.4, 0.5) is 0 Å². The van der Waals surface area contributed by atoms with E-state index in [1.807, 2.05) is 6.92 Å². The maximum atomic E-state index is 12.1. The Balaban J connectivity index is 3.06. The largest absolute Gasteiger partial charge is 0.328 e. The first kappa shape index (κ1) is 15.4. The zero-order chi connectivity index (χ0) is 14.4. The SMILES string of the molecule is CCCCC(CC)Cn1c(=O)[nH]cc(C(C)=O)c1=O. The lowest BCUT2D eigenvalue weighted by atomic mass is 9.99. The Morgan fingerprint density at radius 2 is 2.05 bits per heavy atom. The van der Waals surface area contributed by atoms with Crippen molar-refractivity contribution in [1.82, 2.24) is 9.55 Å². The number of Topliss-reactive ketones (excluding diaryl/α,β-unsaturated/α-hetero) is 1. The van der Waals surface area contributed by atoms with E-state index in [9.17, 15) is 14.4 Å². The number of nitrogens with one attached hydrogen (secondary N) is 1. The molecule has 1 N–H and O–H groups in total. The maximum Gasteiger partial charge on any atom is 0.328 e. The Labute approximate surface area is 112 Å². The number of ketones is 1. The Bertz CT molecular complexity index is 542. The number of unbranched alkanes of at least 4 members (excludes halogenated alkanes) is 1. The molecule has 0 aliphatic rings. The minimum Gasteiger partial charge on any atom is -0.313 e. The smallest absolute Gasteiger partial charge is 0.313 e. The molecule has 0 amide bonds. The standard InChI is InChI=1S/C14H22N2O3/c1-4-6-7-11(5-2)9-16-13(18)12(10(3)17)8-15-14(16)19/h8,11H,4-7,9H2,1-3H3,(H,15,19). The Morgan fingerprint density at radius 3 is 2.58 bits per heavy atom. The molecule has 1 heterocycles. The summed E-state index contributed by atoms with van der Waals surface area (Å²) in [4.78, 5) is 37.6. The van der Waals surface area contributed by atoms with Gasteiger partial charge in [0.05, 0.1) is 5.56 Å². The molecule has 0 radical (unpaired) electrons. The van der Waals surface area contributed by atoms with Crippen molar-refractivity contribution in [3.05, 3.63) is 32.6 Å². The Morgan fingerprint density at radius 1 is 1.37 bits per heavy atom. The van der Waals surface area contributed by atoms with Crippen LogP contribution in [-0.2, 0) is 6.54 Å². The average molecular weight is 266 g/mol. The first-order valence-corrected chi connectivity index (χ1v) is 6.84. The van der Waals surface area contributed by atoms with Crippen LogP contribution in [0.25, 0.3) is 0 Å². The molecule has 0 spiro atoms. The van der Waals surface area contributed by atoms with Crippen molar-refractivity contribution < 1.29 is 4.79 Å². The number of hydrogen-bond acceptors (Lipinski definition) is 3. The summed E-state index contributed by atoms with van der Waals surface area (Å²) >= 11 is 0. The van der Waals surface area contributed by atoms with Crippen molar-refractivity contribution in [2.45, 2.75) is 53.0 Å². The van der Waals surface area contributed by atoms with Crippen LogP contribution >= 0.6 is 0 Å². The summed E-state index contributed by atoms with van der Waals surface area (Å²) in [5.41, 5.74) is -0.874. The van der Waals surface area contributed by atoms with Gasteiger partial charge in [0.25, 0.3) is 5.56 Å². The topological polar surface area (TPSA) is 71.9 Å². The summed E-state index contributed by atoms with van der Waals surface area (Å²) in [5.74, 6) is -0.0300. The van der Waals surface area contributed by atoms with Crippen LogP contribution in [0.1, 0.15) is 56.8 Å². The van der Waals surface area contributed by atoms with Gasteiger partial charge in [-0.1, -0.05) is 33.1 Å². The normalized spacial score (nSPS) is 12.4. The van der Waals surface area contributed by atoms with Gasteiger partial charge in [-0.25, -0.2) is 4.79 Å². The fourth-order valence-corrected chi connectivity index (χ4v) is 2.10. The van der Waals surface area contributed by atoms with E-state index in [-0.39, 0.29) is 11.3 Å². The third-order valence-electron chi connectivity index (χ3n) is 3.42. The molecule has 19 heavy (non-hydrogen) atoms. The van der Waals surface area contributed by atoms with Gasteiger partial charge in [0, 0.05) is 12.7 Å². The van der Waals surface area contributed by atoms with Gasteiger partial charge in [-0.2, -0.15) is 0 Å². The molecule has 1 unspecified atom stereocenters. The Kier molecular flexibility index (Phi) is 5.73. The summed E-state index contributed by atoms with van der Waals surface area (Å²) in [6.07, 6.45) is 5.28. The van der Waals surface area contributed by atoms with Crippen LogP contribution in [-0.4, -0.2) is 15.3 Å². The molecular formula is C14H22N2O3. The van der Waals surface area contributed by atoms with Gasteiger partial charge < -0.3 is 4.98 Å². The number of hydrogen-bond donors (Lipinski definition) is 1. The van der Waals surface area contributed by atoms with E-state index in [1.165, 1.54) is 13.1 Å². The molecule has 106 valence electrons. The van der Waals surface area contributed by atoms with Gasteiger partial charge in [-0.3, -0.25) is 14.2 Å². The molecule has 0 aromatic carbocycles. The molecular weight excluding hydrogens is 244 g/mol. The van der Waals surface area contributed by atoms with E-state index < -0.39 is 11.2 Å². The molecule has 0 aliphatic heterocycles. The summed E-state index contributed by atoms with van der Waals surface area (Å²) in [7, 11) is 0. The first-order chi connectivity index (χ1) is 9.01. The van der Waals surface area contributed by atoms with E-state index >= 15 is 0 Å². The number of nitrogens with zero attached hydrogens (tertiary/aromatic N) is 1. The lowest BCUT2D eigenvalue weighted by molar-refractivity contribution is 0.101. The fourth-order valence-electron chi connectivity index (χ4n) is 2.10. The van der Waals surface area contributed by atoms with Crippen molar-refractivity contribution >= 4 is 5.78 Å². The van der Waals surface area contributed by atoms with E-state index in [1.54, 1.807) is 0 Å². The summed E-state index contributed by atoms with van der Waals surface area (Å²) in [6.45, 7) is 5.87. The van der Waals surface area contributed by atoms with Crippen LogP contribution in [0.3, 0.4) is 0 Å². The van der Waals surface area contributed by atoms with Crippen LogP contribution in [0.15, 0.2) is 15.8 Å². The second kappa shape index (κ2) is 7.07. The zero-order valence-corrected chi connectivity index (χ0v) is 11.9. The third-order valence-corrected chi connectivity index (χ3v) is 3.42. The zero-order valence-electron chi connectivity index (χ0n) is 11.9. The highest BCUT2D eigenvalue weighted by Gasteiger charge is 2.14. The quantitative estimate of drug-likeness (QED) is 0.767. The second-order valence-electron chi connectivity index (χ2n) is 4.90. The van der Waals surface area contributed by atoms with Gasteiger partial charge >= 0.3 is 5.69 Å². The third kappa shape index (κ3) is 3.91. The summed E-state index contributed by atoms with van der Waals surface area (Å²) < 4.78 is 1.15. The molecule has 0 saturated heterocycles. The predicted molar refractivity (Wildman–Crippen MR) is 74.6 cm³/mol. The highest BCUT2D eigenvalue weighted by molar-refractivity contribution is 5.93. The van der Waals surface area contributed by atoms with E-state index in [0.717, 1.165) is 30.3 Å². The molecule has 0 aliphatic carbocycles. The van der Waals surface area contributed by atoms with Crippen molar-refractivity contribution in [3.8, 4) is 0 Å². The van der Waals surface area contributed by atoms with Gasteiger partial charge in [-0.15, -0.1) is 0 Å². The maximum absolute atomic E-state index is 12.1. The van der Waals surface area contributed by atoms with Crippen LogP contribution in [0.2, 0.25) is 0 Å². The lowest BCUT2D eigenvalue weighted by Crippen LogP contribution is -2.39. The summed E-state index contributed by atoms with van der Waals surface area (Å²) in [5, 5.41) is 0. The van der Waals surface area contributed by atoms with E-state index in [2.05, 4.69) is 11.9 Å². The average Bonchev–Trinajstić information content (AvgIpc) is 2.37. The highest BCUT2D eigenvalue weighted by atomic mass is 16.2. The molecule has 0 bridgehead atoms. The lowest BCUT2D eigenvalue weighted by Gasteiger charge is -2.15. The molecule has 1 aromatic heterocycles. The van der Waals surface area contributed by atoms with E-state index in [4.69, 9.17) is 0 Å². The van der Waals surface area contributed by atoms with Crippen molar-refractivity contribution in [2.24, 2.45) is 5.92 Å². The highest BCUT2D eigenvalue weighted by Crippen LogP contribution is 2.13. The first-order valence-electron chi connectivity index (χ1n) is 6.84. The molecule has 1 rings (SSSR count). The van der Waals surface area contributed by atoms with Gasteiger partial charge in [-0.05, 0) is 19.3 Å². The van der Waals surface area contributed by atoms with Crippen LogP contribution in [0, 0.1) is 5.92 Å². The summed E-state index contributed by atoms with van der Waals surface area (Å²) in [6, 6.07) is 0. The van der Waals surface area contributed by atoms with E-state index in [0.29, 0.717) is 12.5 Å². The number of rotatable bonds is 7. The monoisotopic (exact) mass is 266 g/mol. The second-order valence-corrected chi connectivity index (χ2v) is 4.90. The van der Waals surface area contributed by atoms with Crippen molar-refractivity contribution in [3.63, 3.8) is 0 Å². The van der Waals surface area contributed by atoms with Crippen LogP contribution in [0.5, 0.6) is 0 Å². The number of aromatic nitrogens is 2. The Hall–Kier alpha value is -1.65. The molecule has 0 fully saturated rings. The molecule has 0 saturated carbocycles. The number of aromatic amines is 1. The number of carbonyl (C=O) groups is 1. The predicted octanol–water partition coefficient (Wildman–Crippen LogP) is 1.96. The van der Waals surface area contributed by atoms with Gasteiger partial charge in [0.1, 0.15) is 0 Å². The van der Waals surface area contributed by atoms with Crippen molar-refractivity contribution in [2.75, 3.05) is 0 Å². The van der Waals surface area contributed by atoms with Crippen LogP contribution < -0.4 is 11.2 Å². The molecule has 5 nitrogen and oxygen atoms in total. The minimum atomic E-state index is -0.480. The molecule has 1 atom stereocenters. The molecule has 1 aromatic rings. The van der Waals surface area contributed by atoms with Gasteiger partial charge in [0.2, 0.25) is 0 Å². The minimum absolute atomic E-state index is 0.0462. The van der Waals surface area contributed by atoms with Crippen molar-refractivity contribution in [1.29, 1.82) is 0 Å². The van der Waals surface area contributed by atoms with Gasteiger partial charge in [0.15, 0.2) is 5.78 Å². The molecule has 5 heteroatoms. The fraction of sp³-hybridized carbons (Fsp3) is 0.643.